The Bertz CT molecular complexity index is 248. The Hall–Kier alpha value is -0.570. The van der Waals surface area contributed by atoms with Crippen LogP contribution in [0.5, 0.6) is 0 Å². The molecule has 3 atom stereocenters. The molecule has 0 spiro atoms. The zero-order valence-electron chi connectivity index (χ0n) is 8.45. The quantitative estimate of drug-likeness (QED) is 0.588. The first-order valence-corrected chi connectivity index (χ1v) is 5.78. The lowest BCUT2D eigenvalue weighted by atomic mass is 9.99. The third-order valence-electron chi connectivity index (χ3n) is 4.01. The van der Waals surface area contributed by atoms with Gasteiger partial charge in [-0.25, -0.2) is 0 Å². The van der Waals surface area contributed by atoms with Crippen molar-refractivity contribution in [2.24, 2.45) is 5.92 Å². The van der Waals surface area contributed by atoms with E-state index in [1.807, 2.05) is 0 Å². The minimum absolute atomic E-state index is 0.0314. The van der Waals surface area contributed by atoms with Crippen LogP contribution in [-0.4, -0.2) is 36.1 Å². The van der Waals surface area contributed by atoms with Gasteiger partial charge in [-0.15, -0.1) is 0 Å². The van der Waals surface area contributed by atoms with Crippen LogP contribution >= 0.6 is 0 Å². The highest BCUT2D eigenvalue weighted by atomic mass is 16.6. The standard InChI is InChI=1S/C11H17NO2/c13-11-7-8-9(3-4-10(8)14-11)12-5-1-2-6-12/h8-10H,1-7H2/t8-,9+,10+/m0/s1. The molecule has 0 radical (unpaired) electrons. The second-order valence-corrected chi connectivity index (χ2v) is 4.78. The average molecular weight is 195 g/mol. The summed E-state index contributed by atoms with van der Waals surface area (Å²) in [5, 5.41) is 0. The van der Waals surface area contributed by atoms with E-state index in [0.29, 0.717) is 18.4 Å². The molecule has 3 nitrogen and oxygen atoms in total. The predicted molar refractivity (Wildman–Crippen MR) is 51.8 cm³/mol. The van der Waals surface area contributed by atoms with Crippen molar-refractivity contribution < 1.29 is 9.53 Å². The molecule has 2 aliphatic heterocycles. The number of hydrogen-bond donors (Lipinski definition) is 0. The molecule has 3 heteroatoms. The molecule has 0 aromatic heterocycles. The Morgan fingerprint density at radius 1 is 1.21 bits per heavy atom. The molecule has 2 heterocycles. The SMILES string of the molecule is O=C1C[C@H]2[C@H](N3CCCC3)CC[C@H]2O1. The third kappa shape index (κ3) is 1.26. The molecule has 0 aromatic carbocycles. The molecule has 1 saturated carbocycles. The van der Waals surface area contributed by atoms with E-state index >= 15 is 0 Å². The molecule has 0 aromatic rings. The maximum absolute atomic E-state index is 11.2. The molecule has 3 aliphatic rings. The molecule has 3 fully saturated rings. The van der Waals surface area contributed by atoms with Crippen molar-refractivity contribution in [2.75, 3.05) is 13.1 Å². The van der Waals surface area contributed by atoms with E-state index in [9.17, 15) is 4.79 Å². The number of carbonyl (C=O) groups is 1. The zero-order valence-corrected chi connectivity index (χ0v) is 8.45. The highest BCUT2D eigenvalue weighted by Crippen LogP contribution is 2.40. The average Bonchev–Trinajstić information content (AvgIpc) is 2.77. The summed E-state index contributed by atoms with van der Waals surface area (Å²) in [6.45, 7) is 2.48. The van der Waals surface area contributed by atoms with Crippen LogP contribution in [0.4, 0.5) is 0 Å². The van der Waals surface area contributed by atoms with Gasteiger partial charge < -0.3 is 4.74 Å². The van der Waals surface area contributed by atoms with E-state index in [0.717, 1.165) is 6.42 Å². The molecule has 0 bridgehead atoms. The fraction of sp³-hybridized carbons (Fsp3) is 0.909. The lowest BCUT2D eigenvalue weighted by molar-refractivity contribution is -0.141. The number of nitrogens with zero attached hydrogens (tertiary/aromatic N) is 1. The van der Waals surface area contributed by atoms with Gasteiger partial charge in [0.1, 0.15) is 6.10 Å². The van der Waals surface area contributed by atoms with Crippen LogP contribution in [0.3, 0.4) is 0 Å². The van der Waals surface area contributed by atoms with Crippen molar-refractivity contribution in [1.29, 1.82) is 0 Å². The van der Waals surface area contributed by atoms with Crippen LogP contribution in [0, 0.1) is 5.92 Å². The van der Waals surface area contributed by atoms with E-state index in [-0.39, 0.29) is 12.1 Å². The summed E-state index contributed by atoms with van der Waals surface area (Å²) < 4.78 is 5.31. The maximum Gasteiger partial charge on any atom is 0.306 e. The second kappa shape index (κ2) is 3.23. The summed E-state index contributed by atoms with van der Waals surface area (Å²) in [6, 6.07) is 0.647. The summed E-state index contributed by atoms with van der Waals surface area (Å²) >= 11 is 0. The summed E-state index contributed by atoms with van der Waals surface area (Å²) in [6.07, 6.45) is 5.94. The van der Waals surface area contributed by atoms with E-state index in [4.69, 9.17) is 4.74 Å². The van der Waals surface area contributed by atoms with E-state index in [1.165, 1.54) is 32.4 Å². The molecule has 2 saturated heterocycles. The molecule has 0 N–H and O–H groups in total. The van der Waals surface area contributed by atoms with Crippen molar-refractivity contribution in [3.8, 4) is 0 Å². The molecule has 78 valence electrons. The third-order valence-corrected chi connectivity index (χ3v) is 4.01. The van der Waals surface area contributed by atoms with Gasteiger partial charge in [-0.05, 0) is 38.8 Å². The van der Waals surface area contributed by atoms with Crippen LogP contribution in [-0.2, 0) is 9.53 Å². The topological polar surface area (TPSA) is 29.5 Å². The Kier molecular flexibility index (Phi) is 2.01. The van der Waals surface area contributed by atoms with Gasteiger partial charge in [0.05, 0.1) is 6.42 Å². The number of carbonyl (C=O) groups excluding carboxylic acids is 1. The second-order valence-electron chi connectivity index (χ2n) is 4.78. The van der Waals surface area contributed by atoms with E-state index in [1.54, 1.807) is 0 Å². The molecule has 1 aliphatic carbocycles. The monoisotopic (exact) mass is 195 g/mol. The van der Waals surface area contributed by atoms with Gasteiger partial charge in [0.15, 0.2) is 0 Å². The number of ether oxygens (including phenoxy) is 1. The minimum Gasteiger partial charge on any atom is -0.462 e. The Morgan fingerprint density at radius 2 is 2.00 bits per heavy atom. The molecule has 0 amide bonds. The van der Waals surface area contributed by atoms with Gasteiger partial charge >= 0.3 is 5.97 Å². The fourth-order valence-electron chi connectivity index (χ4n) is 3.36. The van der Waals surface area contributed by atoms with Crippen molar-refractivity contribution in [3.63, 3.8) is 0 Å². The van der Waals surface area contributed by atoms with Gasteiger partial charge in [-0.2, -0.15) is 0 Å². The first-order valence-electron chi connectivity index (χ1n) is 5.78. The van der Waals surface area contributed by atoms with Crippen molar-refractivity contribution >= 4 is 5.97 Å². The van der Waals surface area contributed by atoms with Gasteiger partial charge in [0.2, 0.25) is 0 Å². The van der Waals surface area contributed by atoms with Crippen LogP contribution < -0.4 is 0 Å². The minimum atomic E-state index is 0.0314. The van der Waals surface area contributed by atoms with Crippen molar-refractivity contribution in [3.05, 3.63) is 0 Å². The first kappa shape index (κ1) is 8.72. The zero-order chi connectivity index (χ0) is 9.54. The highest BCUT2D eigenvalue weighted by Gasteiger charge is 2.47. The predicted octanol–water partition coefficient (Wildman–Crippen LogP) is 1.18. The molecular formula is C11H17NO2. The molecule has 3 rings (SSSR count). The lowest BCUT2D eigenvalue weighted by Gasteiger charge is -2.27. The summed E-state index contributed by atoms with van der Waals surface area (Å²) in [7, 11) is 0. The van der Waals surface area contributed by atoms with Gasteiger partial charge in [-0.1, -0.05) is 0 Å². The number of esters is 1. The molecule has 14 heavy (non-hydrogen) atoms. The Balaban J connectivity index is 1.72. The van der Waals surface area contributed by atoms with Crippen LogP contribution in [0.2, 0.25) is 0 Å². The molecular weight excluding hydrogens is 178 g/mol. The van der Waals surface area contributed by atoms with Gasteiger partial charge in [0, 0.05) is 12.0 Å². The number of rotatable bonds is 1. The number of likely N-dealkylation sites (tertiary alicyclic amines) is 1. The summed E-state index contributed by atoms with van der Waals surface area (Å²) in [5.41, 5.74) is 0. The normalized spacial score (nSPS) is 42.9. The van der Waals surface area contributed by atoms with E-state index in [2.05, 4.69) is 4.90 Å². The Labute approximate surface area is 84.4 Å². The van der Waals surface area contributed by atoms with Crippen LogP contribution in [0.1, 0.15) is 32.1 Å². The largest absolute Gasteiger partial charge is 0.462 e. The van der Waals surface area contributed by atoms with Gasteiger partial charge in [-0.3, -0.25) is 9.69 Å². The molecule has 0 unspecified atom stereocenters. The van der Waals surface area contributed by atoms with Crippen molar-refractivity contribution in [1.82, 2.24) is 4.90 Å². The van der Waals surface area contributed by atoms with Crippen LogP contribution in [0.25, 0.3) is 0 Å². The van der Waals surface area contributed by atoms with Crippen molar-refractivity contribution in [2.45, 2.75) is 44.2 Å². The highest BCUT2D eigenvalue weighted by molar-refractivity contribution is 5.72. The smallest absolute Gasteiger partial charge is 0.306 e. The Morgan fingerprint density at radius 3 is 2.79 bits per heavy atom. The summed E-state index contributed by atoms with van der Waals surface area (Å²) in [5.74, 6) is 0.546. The first-order chi connectivity index (χ1) is 6.84. The van der Waals surface area contributed by atoms with Gasteiger partial charge in [0.25, 0.3) is 0 Å². The number of fused-ring (bicyclic) bond motifs is 1. The lowest BCUT2D eigenvalue weighted by Crippen LogP contribution is -2.36. The fourth-order valence-corrected chi connectivity index (χ4v) is 3.36. The summed E-state index contributed by atoms with van der Waals surface area (Å²) in [4.78, 5) is 13.8. The van der Waals surface area contributed by atoms with Crippen LogP contribution in [0.15, 0.2) is 0 Å². The van der Waals surface area contributed by atoms with E-state index < -0.39 is 0 Å². The number of hydrogen-bond acceptors (Lipinski definition) is 3. The maximum atomic E-state index is 11.2.